The van der Waals surface area contributed by atoms with Gasteiger partial charge in [-0.05, 0) is 32.6 Å². The maximum Gasteiger partial charge on any atom is 0.243 e. The number of hydrogen-bond donors (Lipinski definition) is 2. The Hall–Kier alpha value is -0.480. The second-order valence-corrected chi connectivity index (χ2v) is 7.92. The molecular weight excluding hydrogens is 411 g/mol. The Kier molecular flexibility index (Phi) is 10.5. The van der Waals surface area contributed by atoms with Crippen molar-refractivity contribution in [3.05, 3.63) is 11.1 Å². The molecule has 2 aliphatic rings. The monoisotopic (exact) mass is 440 g/mol. The minimum Gasteiger partial charge on any atom is -0.381 e. The van der Waals surface area contributed by atoms with E-state index >= 15 is 0 Å². The Morgan fingerprint density at radius 1 is 1.33 bits per heavy atom. The van der Waals surface area contributed by atoms with Gasteiger partial charge in [0.25, 0.3) is 0 Å². The number of morpholine rings is 1. The average molecular weight is 441 g/mol. The highest BCUT2D eigenvalue weighted by Gasteiger charge is 2.27. The standard InChI is InChI=1S/C17H28N4O3S.2ClH/c1-11-7-21(8-12(2)24-11)9-14-10-25-17(19-14)20-16(22)15(18)13-3-5-23-6-4-13;;/h10-13,15H,3-9,18H2,1-2H3,(H,19,20,22);2*1H. The first-order valence-electron chi connectivity index (χ1n) is 8.97. The molecule has 3 rings (SSSR count). The molecule has 0 aromatic carbocycles. The van der Waals surface area contributed by atoms with Gasteiger partial charge < -0.3 is 20.5 Å². The first-order chi connectivity index (χ1) is 12.0. The van der Waals surface area contributed by atoms with Crippen molar-refractivity contribution in [2.24, 2.45) is 11.7 Å². The molecule has 1 amide bonds. The van der Waals surface area contributed by atoms with Crippen LogP contribution < -0.4 is 11.1 Å². The summed E-state index contributed by atoms with van der Waals surface area (Å²) in [6, 6.07) is -0.503. The molecule has 1 aromatic rings. The third kappa shape index (κ3) is 7.12. The number of ether oxygens (including phenoxy) is 2. The predicted molar refractivity (Wildman–Crippen MR) is 112 cm³/mol. The van der Waals surface area contributed by atoms with Crippen LogP contribution in [0.1, 0.15) is 32.4 Å². The topological polar surface area (TPSA) is 89.7 Å². The molecule has 156 valence electrons. The van der Waals surface area contributed by atoms with Gasteiger partial charge in [0, 0.05) is 38.2 Å². The van der Waals surface area contributed by atoms with E-state index < -0.39 is 6.04 Å². The highest BCUT2D eigenvalue weighted by atomic mass is 35.5. The quantitative estimate of drug-likeness (QED) is 0.729. The number of rotatable bonds is 5. The van der Waals surface area contributed by atoms with Crippen LogP contribution in [0.4, 0.5) is 5.13 Å². The van der Waals surface area contributed by atoms with Crippen LogP contribution in [-0.4, -0.2) is 60.3 Å². The number of nitrogens with two attached hydrogens (primary N) is 1. The molecule has 0 saturated carbocycles. The van der Waals surface area contributed by atoms with Crippen LogP contribution >= 0.6 is 36.2 Å². The zero-order chi connectivity index (χ0) is 17.8. The molecule has 2 fully saturated rings. The van der Waals surface area contributed by atoms with Crippen molar-refractivity contribution in [2.75, 3.05) is 31.6 Å². The fourth-order valence-electron chi connectivity index (χ4n) is 3.56. The number of carbonyl (C=O) groups excluding carboxylic acids is 1. The summed E-state index contributed by atoms with van der Waals surface area (Å²) in [6.07, 6.45) is 2.15. The number of halogens is 2. The van der Waals surface area contributed by atoms with E-state index in [1.54, 1.807) is 0 Å². The second kappa shape index (κ2) is 11.5. The van der Waals surface area contributed by atoms with Gasteiger partial charge in [-0.1, -0.05) is 0 Å². The van der Waals surface area contributed by atoms with Crippen LogP contribution in [0.3, 0.4) is 0 Å². The van der Waals surface area contributed by atoms with E-state index in [4.69, 9.17) is 15.2 Å². The molecule has 27 heavy (non-hydrogen) atoms. The third-order valence-electron chi connectivity index (χ3n) is 4.74. The smallest absolute Gasteiger partial charge is 0.243 e. The Morgan fingerprint density at radius 2 is 1.96 bits per heavy atom. The van der Waals surface area contributed by atoms with Gasteiger partial charge >= 0.3 is 0 Å². The maximum atomic E-state index is 12.4. The SMILES string of the molecule is CC1CN(Cc2csc(NC(=O)C(N)C3CCOCC3)n2)CC(C)O1.Cl.Cl. The molecule has 3 N–H and O–H groups in total. The van der Waals surface area contributed by atoms with Gasteiger partial charge in [0.05, 0.1) is 23.9 Å². The first-order valence-corrected chi connectivity index (χ1v) is 9.85. The minimum absolute atomic E-state index is 0. The molecule has 7 nitrogen and oxygen atoms in total. The normalized spacial score (nSPS) is 25.1. The van der Waals surface area contributed by atoms with Gasteiger partial charge in [-0.25, -0.2) is 4.98 Å². The molecule has 1 aromatic heterocycles. The molecule has 0 radical (unpaired) electrons. The largest absolute Gasteiger partial charge is 0.381 e. The maximum absolute atomic E-state index is 12.4. The van der Waals surface area contributed by atoms with Crippen molar-refractivity contribution in [3.63, 3.8) is 0 Å². The van der Waals surface area contributed by atoms with Crippen molar-refractivity contribution in [1.29, 1.82) is 0 Å². The van der Waals surface area contributed by atoms with E-state index in [1.165, 1.54) is 11.3 Å². The lowest BCUT2D eigenvalue weighted by Gasteiger charge is -2.34. The van der Waals surface area contributed by atoms with Crippen LogP contribution in [-0.2, 0) is 20.8 Å². The van der Waals surface area contributed by atoms with E-state index in [2.05, 4.69) is 29.0 Å². The molecule has 0 spiro atoms. The van der Waals surface area contributed by atoms with Gasteiger partial charge in [-0.2, -0.15) is 0 Å². The van der Waals surface area contributed by atoms with E-state index in [-0.39, 0.29) is 48.8 Å². The highest BCUT2D eigenvalue weighted by molar-refractivity contribution is 7.13. The summed E-state index contributed by atoms with van der Waals surface area (Å²) in [7, 11) is 0. The summed E-state index contributed by atoms with van der Waals surface area (Å²) in [5.74, 6) is 0.0333. The van der Waals surface area contributed by atoms with Crippen molar-refractivity contribution in [3.8, 4) is 0 Å². The number of hydrogen-bond acceptors (Lipinski definition) is 7. The van der Waals surface area contributed by atoms with Crippen molar-refractivity contribution < 1.29 is 14.3 Å². The number of carbonyl (C=O) groups is 1. The lowest BCUT2D eigenvalue weighted by Crippen LogP contribution is -2.45. The van der Waals surface area contributed by atoms with E-state index in [1.807, 2.05) is 5.38 Å². The van der Waals surface area contributed by atoms with Crippen LogP contribution in [0.2, 0.25) is 0 Å². The number of thiazole rings is 1. The van der Waals surface area contributed by atoms with E-state index in [9.17, 15) is 4.79 Å². The zero-order valence-corrected chi connectivity index (χ0v) is 18.2. The fourth-order valence-corrected chi connectivity index (χ4v) is 4.26. The fraction of sp³-hybridized carbons (Fsp3) is 0.765. The molecule has 3 heterocycles. The van der Waals surface area contributed by atoms with Gasteiger partial charge in [0.2, 0.25) is 5.91 Å². The summed E-state index contributed by atoms with van der Waals surface area (Å²) in [4.78, 5) is 19.2. The van der Waals surface area contributed by atoms with E-state index in [0.717, 1.165) is 38.2 Å². The lowest BCUT2D eigenvalue weighted by molar-refractivity contribution is -0.119. The highest BCUT2D eigenvalue weighted by Crippen LogP contribution is 2.22. The zero-order valence-electron chi connectivity index (χ0n) is 15.8. The Bertz CT molecular complexity index is 576. The molecule has 2 saturated heterocycles. The van der Waals surface area contributed by atoms with Crippen molar-refractivity contribution in [2.45, 2.75) is 51.5 Å². The Morgan fingerprint density at radius 3 is 2.59 bits per heavy atom. The molecule has 10 heteroatoms. The number of anilines is 1. The summed E-state index contributed by atoms with van der Waals surface area (Å²) < 4.78 is 11.1. The van der Waals surface area contributed by atoms with E-state index in [0.29, 0.717) is 18.3 Å². The average Bonchev–Trinajstić information content (AvgIpc) is 3.00. The number of amides is 1. The summed E-state index contributed by atoms with van der Waals surface area (Å²) >= 11 is 1.45. The minimum atomic E-state index is -0.503. The van der Waals surface area contributed by atoms with Crippen molar-refractivity contribution in [1.82, 2.24) is 9.88 Å². The van der Waals surface area contributed by atoms with Gasteiger partial charge in [0.1, 0.15) is 0 Å². The van der Waals surface area contributed by atoms with Crippen LogP contribution in [0.25, 0.3) is 0 Å². The predicted octanol–water partition coefficient (Wildman–Crippen LogP) is 2.29. The molecule has 0 aliphatic carbocycles. The number of nitrogens with one attached hydrogen (secondary N) is 1. The molecule has 3 atom stereocenters. The lowest BCUT2D eigenvalue weighted by atomic mass is 9.92. The number of nitrogens with zero attached hydrogens (tertiary/aromatic N) is 2. The molecule has 3 unspecified atom stereocenters. The first kappa shape index (κ1) is 24.6. The Balaban J connectivity index is 0.00000182. The third-order valence-corrected chi connectivity index (χ3v) is 5.55. The van der Waals surface area contributed by atoms with Crippen LogP contribution in [0.15, 0.2) is 5.38 Å². The van der Waals surface area contributed by atoms with Crippen LogP contribution in [0.5, 0.6) is 0 Å². The summed E-state index contributed by atoms with van der Waals surface area (Å²) in [6.45, 7) is 8.12. The van der Waals surface area contributed by atoms with Gasteiger partial charge in [-0.15, -0.1) is 36.2 Å². The number of aromatic nitrogens is 1. The Labute approximate surface area is 177 Å². The van der Waals surface area contributed by atoms with Crippen molar-refractivity contribution >= 4 is 47.2 Å². The van der Waals surface area contributed by atoms with Gasteiger partial charge in [0.15, 0.2) is 5.13 Å². The summed E-state index contributed by atoms with van der Waals surface area (Å²) in [5, 5.41) is 5.50. The molecule has 0 bridgehead atoms. The molecule has 2 aliphatic heterocycles. The molecular formula is C17H30Cl2N4O3S. The summed E-state index contributed by atoms with van der Waals surface area (Å²) in [5.41, 5.74) is 7.09. The van der Waals surface area contributed by atoms with Gasteiger partial charge in [-0.3, -0.25) is 9.69 Å². The van der Waals surface area contributed by atoms with Crippen LogP contribution in [0, 0.1) is 5.92 Å². The second-order valence-electron chi connectivity index (χ2n) is 7.06.